The third kappa shape index (κ3) is 5.11. The molecular weight excluding hydrogens is 689 g/mol. The number of fused-ring (bicyclic) bond motifs is 7. The first-order valence-corrected chi connectivity index (χ1v) is 19.9. The largest absolute Gasteiger partial charge is 0.309 e. The normalized spacial score (nSPS) is 12.9. The minimum absolute atomic E-state index is 0.150. The van der Waals surface area contributed by atoms with Crippen LogP contribution >= 0.6 is 0 Å². The molecule has 0 amide bonds. The molecule has 0 unspecified atom stereocenters. The molecule has 270 valence electrons. The zero-order valence-electron chi connectivity index (χ0n) is 32.0. The number of benzene rings is 9. The monoisotopic (exact) mass is 728 g/mol. The van der Waals surface area contributed by atoms with Gasteiger partial charge in [-0.15, -0.1) is 0 Å². The van der Waals surface area contributed by atoms with E-state index in [1.165, 1.54) is 71.6 Å². The Morgan fingerprint density at radius 1 is 0.421 bits per heavy atom. The van der Waals surface area contributed by atoms with E-state index in [-0.39, 0.29) is 5.41 Å². The van der Waals surface area contributed by atoms with Gasteiger partial charge in [0.05, 0.1) is 28.1 Å². The highest BCUT2D eigenvalue weighted by Crippen LogP contribution is 2.53. The summed E-state index contributed by atoms with van der Waals surface area (Å²) >= 11 is 0. The van der Waals surface area contributed by atoms with Gasteiger partial charge in [-0.3, -0.25) is 0 Å². The summed E-state index contributed by atoms with van der Waals surface area (Å²) in [7, 11) is 0. The smallest absolute Gasteiger partial charge is 0.0562 e. The Balaban J connectivity index is 1.25. The number of hydrogen-bond donors (Lipinski definition) is 0. The number of nitrogens with zero attached hydrogens (tertiary/aromatic N) is 2. The molecule has 1 aromatic heterocycles. The van der Waals surface area contributed by atoms with Crippen molar-refractivity contribution in [2.24, 2.45) is 0 Å². The number of anilines is 3. The van der Waals surface area contributed by atoms with E-state index in [0.29, 0.717) is 0 Å². The Kier molecular flexibility index (Phi) is 7.55. The van der Waals surface area contributed by atoms with Crippen molar-refractivity contribution >= 4 is 49.6 Å². The van der Waals surface area contributed by atoms with E-state index in [4.69, 9.17) is 0 Å². The fourth-order valence-corrected chi connectivity index (χ4v) is 9.57. The lowest BCUT2D eigenvalue weighted by Gasteiger charge is -2.31. The van der Waals surface area contributed by atoms with Crippen LogP contribution in [0.25, 0.3) is 71.6 Å². The average Bonchev–Trinajstić information content (AvgIpc) is 3.73. The van der Waals surface area contributed by atoms with Gasteiger partial charge in [-0.05, 0) is 86.6 Å². The second kappa shape index (κ2) is 13.0. The molecule has 0 atom stereocenters. The lowest BCUT2D eigenvalue weighted by atomic mass is 9.82. The van der Waals surface area contributed by atoms with Crippen LogP contribution in [0.1, 0.15) is 25.0 Å². The van der Waals surface area contributed by atoms with Crippen LogP contribution < -0.4 is 4.90 Å². The van der Waals surface area contributed by atoms with Crippen molar-refractivity contribution in [3.63, 3.8) is 0 Å². The number of rotatable bonds is 6. The summed E-state index contributed by atoms with van der Waals surface area (Å²) in [5.74, 6) is 0. The third-order valence-electron chi connectivity index (χ3n) is 12.2. The highest BCUT2D eigenvalue weighted by Gasteiger charge is 2.36. The second-order valence-electron chi connectivity index (χ2n) is 15.7. The highest BCUT2D eigenvalue weighted by atomic mass is 15.2. The van der Waals surface area contributed by atoms with Gasteiger partial charge in [-0.1, -0.05) is 178 Å². The minimum Gasteiger partial charge on any atom is -0.309 e. The summed E-state index contributed by atoms with van der Waals surface area (Å²) < 4.78 is 2.47. The zero-order valence-corrected chi connectivity index (χ0v) is 32.0. The molecule has 2 heteroatoms. The maximum absolute atomic E-state index is 2.54. The third-order valence-corrected chi connectivity index (χ3v) is 12.2. The van der Waals surface area contributed by atoms with E-state index in [1.807, 2.05) is 0 Å². The summed E-state index contributed by atoms with van der Waals surface area (Å²) in [6, 6.07) is 75.7. The Morgan fingerprint density at radius 3 is 1.88 bits per heavy atom. The molecule has 11 rings (SSSR count). The molecule has 0 saturated carbocycles. The van der Waals surface area contributed by atoms with Crippen LogP contribution in [0.3, 0.4) is 0 Å². The lowest BCUT2D eigenvalue weighted by Crippen LogP contribution is -2.17. The van der Waals surface area contributed by atoms with Crippen molar-refractivity contribution in [2.75, 3.05) is 4.90 Å². The molecule has 0 spiro atoms. The lowest BCUT2D eigenvalue weighted by molar-refractivity contribution is 0.660. The van der Waals surface area contributed by atoms with Crippen LogP contribution in [-0.2, 0) is 5.41 Å². The van der Waals surface area contributed by atoms with Gasteiger partial charge in [-0.2, -0.15) is 0 Å². The maximum atomic E-state index is 2.54. The summed E-state index contributed by atoms with van der Waals surface area (Å²) in [6.07, 6.45) is 0. The number of para-hydroxylation sites is 2. The van der Waals surface area contributed by atoms with E-state index in [0.717, 1.165) is 28.3 Å². The molecule has 57 heavy (non-hydrogen) atoms. The first-order chi connectivity index (χ1) is 28.1. The fourth-order valence-electron chi connectivity index (χ4n) is 9.57. The molecule has 0 fully saturated rings. The van der Waals surface area contributed by atoms with E-state index >= 15 is 0 Å². The van der Waals surface area contributed by atoms with Gasteiger partial charge < -0.3 is 9.47 Å². The van der Waals surface area contributed by atoms with Gasteiger partial charge >= 0.3 is 0 Å². The van der Waals surface area contributed by atoms with Gasteiger partial charge in [0.25, 0.3) is 0 Å². The van der Waals surface area contributed by atoms with Crippen molar-refractivity contribution in [3.05, 3.63) is 217 Å². The molecule has 2 nitrogen and oxygen atoms in total. The van der Waals surface area contributed by atoms with Gasteiger partial charge in [0, 0.05) is 33.0 Å². The second-order valence-corrected chi connectivity index (χ2v) is 15.7. The predicted octanol–water partition coefficient (Wildman–Crippen LogP) is 15.0. The molecule has 0 N–H and O–H groups in total. The Hall–Kier alpha value is -7.16. The van der Waals surface area contributed by atoms with Crippen molar-refractivity contribution in [1.82, 2.24) is 4.57 Å². The van der Waals surface area contributed by atoms with Gasteiger partial charge in [0.15, 0.2) is 0 Å². The van der Waals surface area contributed by atoms with Crippen LogP contribution in [0.2, 0.25) is 0 Å². The molecular formula is C55H40N2. The SMILES string of the molecule is CC1(C)c2ccccc2-c2ccc(N(c3ccc4ccccc4c3-c3ccccc3)c3cccc4c3c3ccccc3n4-c3ccccc3-c3ccccc3)cc21. The first kappa shape index (κ1) is 33.2. The Labute approximate surface area is 333 Å². The summed E-state index contributed by atoms with van der Waals surface area (Å²) in [5, 5.41) is 4.88. The molecule has 10 aromatic rings. The van der Waals surface area contributed by atoms with Crippen molar-refractivity contribution in [3.8, 4) is 39.1 Å². The fraction of sp³-hybridized carbons (Fsp3) is 0.0545. The van der Waals surface area contributed by atoms with Gasteiger partial charge in [-0.25, -0.2) is 0 Å². The number of aromatic nitrogens is 1. The van der Waals surface area contributed by atoms with Crippen LogP contribution in [0.4, 0.5) is 17.1 Å². The molecule has 9 aromatic carbocycles. The van der Waals surface area contributed by atoms with Gasteiger partial charge in [0.2, 0.25) is 0 Å². The summed E-state index contributed by atoms with van der Waals surface area (Å²) in [6.45, 7) is 4.74. The van der Waals surface area contributed by atoms with E-state index < -0.39 is 0 Å². The van der Waals surface area contributed by atoms with Crippen LogP contribution in [-0.4, -0.2) is 4.57 Å². The molecule has 0 saturated heterocycles. The first-order valence-electron chi connectivity index (χ1n) is 19.9. The Morgan fingerprint density at radius 2 is 1.05 bits per heavy atom. The molecule has 1 heterocycles. The van der Waals surface area contributed by atoms with Crippen molar-refractivity contribution in [2.45, 2.75) is 19.3 Å². The average molecular weight is 729 g/mol. The number of hydrogen-bond acceptors (Lipinski definition) is 1. The standard InChI is InChI=1S/C55H40N2/c1-55(2)46-27-14-11-25-43(46)44-34-33-40(36-47(44)55)56(52-35-32-38-20-9-10-24-42(38)53(52)39-21-7-4-8-22-39)50-30-17-31-51-54(50)45-26-13-16-29-49(45)57(51)48-28-15-12-23-41(48)37-18-5-3-6-19-37/h3-36H,1-2H3. The van der Waals surface area contributed by atoms with E-state index in [9.17, 15) is 0 Å². The zero-order chi connectivity index (χ0) is 38.1. The summed E-state index contributed by atoms with van der Waals surface area (Å²) in [4.78, 5) is 2.54. The van der Waals surface area contributed by atoms with Crippen molar-refractivity contribution in [1.29, 1.82) is 0 Å². The quantitative estimate of drug-likeness (QED) is 0.165. The Bertz CT molecular complexity index is 3150. The van der Waals surface area contributed by atoms with Gasteiger partial charge in [0.1, 0.15) is 0 Å². The van der Waals surface area contributed by atoms with E-state index in [1.54, 1.807) is 0 Å². The maximum Gasteiger partial charge on any atom is 0.0562 e. The van der Waals surface area contributed by atoms with Crippen LogP contribution in [0, 0.1) is 0 Å². The minimum atomic E-state index is -0.150. The molecule has 0 radical (unpaired) electrons. The topological polar surface area (TPSA) is 8.17 Å². The molecule has 1 aliphatic rings. The highest BCUT2D eigenvalue weighted by molar-refractivity contribution is 6.18. The predicted molar refractivity (Wildman–Crippen MR) is 241 cm³/mol. The molecule has 0 bridgehead atoms. The van der Waals surface area contributed by atoms with E-state index in [2.05, 4.69) is 230 Å². The van der Waals surface area contributed by atoms with Crippen LogP contribution in [0.5, 0.6) is 0 Å². The van der Waals surface area contributed by atoms with Crippen LogP contribution in [0.15, 0.2) is 206 Å². The van der Waals surface area contributed by atoms with Crippen molar-refractivity contribution < 1.29 is 0 Å². The molecule has 1 aliphatic carbocycles. The summed E-state index contributed by atoms with van der Waals surface area (Å²) in [5.41, 5.74) is 16.9. The molecule has 0 aliphatic heterocycles.